The molecule has 0 fully saturated rings. The van der Waals surface area contributed by atoms with Crippen molar-refractivity contribution in [1.82, 2.24) is 9.55 Å². The quantitative estimate of drug-likeness (QED) is 0.622. The van der Waals surface area contributed by atoms with E-state index in [1.54, 1.807) is 4.57 Å². The van der Waals surface area contributed by atoms with Gasteiger partial charge in [-0.2, -0.15) is 0 Å². The third-order valence-corrected chi connectivity index (χ3v) is 3.29. The first-order valence-corrected chi connectivity index (χ1v) is 6.72. The van der Waals surface area contributed by atoms with E-state index in [2.05, 4.69) is 4.98 Å². The molecule has 1 atom stereocenters. The predicted molar refractivity (Wildman–Crippen MR) is 74.0 cm³/mol. The van der Waals surface area contributed by atoms with Gasteiger partial charge in [-0.05, 0) is 10.5 Å². The number of imidazole rings is 1. The molecule has 7 heteroatoms. The third-order valence-electron chi connectivity index (χ3n) is 3.29. The summed E-state index contributed by atoms with van der Waals surface area (Å²) in [6, 6.07) is 10.2. The Morgan fingerprint density at radius 2 is 2.24 bits per heavy atom. The normalized spacial score (nSPS) is 17.0. The molecule has 0 amide bonds. The van der Waals surface area contributed by atoms with Crippen LogP contribution in [0.3, 0.4) is 0 Å². The van der Waals surface area contributed by atoms with Gasteiger partial charge in [-0.1, -0.05) is 30.3 Å². The molecule has 0 saturated heterocycles. The van der Waals surface area contributed by atoms with Crippen LogP contribution in [0.5, 0.6) is 6.01 Å². The molecule has 0 aliphatic carbocycles. The number of benzene rings is 1. The van der Waals surface area contributed by atoms with Crippen molar-refractivity contribution >= 4 is 5.82 Å². The Balaban J connectivity index is 1.53. The van der Waals surface area contributed by atoms with E-state index in [0.717, 1.165) is 12.0 Å². The maximum absolute atomic E-state index is 10.7. The average Bonchev–Trinajstić information content (AvgIpc) is 2.92. The molecule has 1 aliphatic heterocycles. The van der Waals surface area contributed by atoms with Crippen LogP contribution in [0.2, 0.25) is 0 Å². The molecule has 2 aromatic rings. The Morgan fingerprint density at radius 1 is 1.43 bits per heavy atom. The van der Waals surface area contributed by atoms with Crippen LogP contribution in [-0.4, -0.2) is 27.2 Å². The number of hydrogen-bond acceptors (Lipinski definition) is 5. The van der Waals surface area contributed by atoms with E-state index in [4.69, 9.17) is 9.47 Å². The van der Waals surface area contributed by atoms with Crippen molar-refractivity contribution in [3.63, 3.8) is 0 Å². The highest BCUT2D eigenvalue weighted by Gasteiger charge is 2.28. The highest BCUT2D eigenvalue weighted by molar-refractivity contribution is 5.21. The second-order valence-corrected chi connectivity index (χ2v) is 4.86. The average molecular weight is 289 g/mol. The van der Waals surface area contributed by atoms with E-state index < -0.39 is 4.92 Å². The van der Waals surface area contributed by atoms with Crippen LogP contribution in [0, 0.1) is 10.1 Å². The molecule has 110 valence electrons. The van der Waals surface area contributed by atoms with Gasteiger partial charge in [-0.25, -0.2) is 0 Å². The number of fused-ring (bicyclic) bond motifs is 1. The van der Waals surface area contributed by atoms with Gasteiger partial charge in [0.25, 0.3) is 0 Å². The Hall–Kier alpha value is -2.41. The lowest BCUT2D eigenvalue weighted by atomic mass is 10.2. The summed E-state index contributed by atoms with van der Waals surface area (Å²) in [4.78, 5) is 14.0. The van der Waals surface area contributed by atoms with Crippen LogP contribution in [0.15, 0.2) is 36.5 Å². The molecule has 0 spiro atoms. The molecule has 7 nitrogen and oxygen atoms in total. The standard InChI is InChI=1S/C14H15N3O4/c18-17(19)13-8-16-7-6-12(21-14(16)15-13)10-20-9-11-4-2-1-3-5-11/h1-5,8,12H,6-7,9-10H2/t12-/m1/s1. The van der Waals surface area contributed by atoms with Crippen molar-refractivity contribution in [2.24, 2.45) is 0 Å². The highest BCUT2D eigenvalue weighted by atomic mass is 16.6. The highest BCUT2D eigenvalue weighted by Crippen LogP contribution is 2.24. The molecular formula is C14H15N3O4. The van der Waals surface area contributed by atoms with Crippen LogP contribution in [0.4, 0.5) is 5.82 Å². The van der Waals surface area contributed by atoms with Crippen LogP contribution in [0.1, 0.15) is 12.0 Å². The first-order chi connectivity index (χ1) is 10.2. The topological polar surface area (TPSA) is 79.4 Å². The Bertz CT molecular complexity index is 626. The van der Waals surface area contributed by atoms with Crippen LogP contribution >= 0.6 is 0 Å². The monoisotopic (exact) mass is 289 g/mol. The van der Waals surface area contributed by atoms with Gasteiger partial charge in [0.15, 0.2) is 0 Å². The minimum Gasteiger partial charge on any atom is -0.440 e. The zero-order valence-electron chi connectivity index (χ0n) is 11.3. The molecule has 1 aliphatic rings. The fourth-order valence-corrected chi connectivity index (χ4v) is 2.22. The van der Waals surface area contributed by atoms with Gasteiger partial charge >= 0.3 is 11.8 Å². The SMILES string of the molecule is O=[N+]([O-])c1cn2c(n1)O[C@@H](COCc1ccccc1)CC2. The van der Waals surface area contributed by atoms with Crippen molar-refractivity contribution in [2.75, 3.05) is 6.61 Å². The van der Waals surface area contributed by atoms with E-state index in [1.807, 2.05) is 30.3 Å². The first-order valence-electron chi connectivity index (χ1n) is 6.72. The number of nitro groups is 1. The number of ether oxygens (including phenoxy) is 2. The van der Waals surface area contributed by atoms with Gasteiger partial charge < -0.3 is 19.6 Å². The van der Waals surface area contributed by atoms with Gasteiger partial charge in [0.1, 0.15) is 12.3 Å². The maximum Gasteiger partial charge on any atom is 0.414 e. The van der Waals surface area contributed by atoms with Crippen LogP contribution in [0.25, 0.3) is 0 Å². The second kappa shape index (κ2) is 5.92. The minimum absolute atomic E-state index is 0.122. The zero-order chi connectivity index (χ0) is 14.7. The number of nitrogens with zero attached hydrogens (tertiary/aromatic N) is 3. The van der Waals surface area contributed by atoms with Crippen LogP contribution in [-0.2, 0) is 17.9 Å². The fraction of sp³-hybridized carbons (Fsp3) is 0.357. The van der Waals surface area contributed by atoms with E-state index in [1.165, 1.54) is 6.20 Å². The smallest absolute Gasteiger partial charge is 0.414 e. The van der Waals surface area contributed by atoms with Gasteiger partial charge in [0, 0.05) is 17.9 Å². The molecular weight excluding hydrogens is 274 g/mol. The van der Waals surface area contributed by atoms with Gasteiger partial charge in [0.05, 0.1) is 13.2 Å². The number of rotatable bonds is 5. The van der Waals surface area contributed by atoms with E-state index in [9.17, 15) is 10.1 Å². The molecule has 0 unspecified atom stereocenters. The molecule has 1 aromatic carbocycles. The summed E-state index contributed by atoms with van der Waals surface area (Å²) in [5.74, 6) is -0.184. The number of hydrogen-bond donors (Lipinski definition) is 0. The summed E-state index contributed by atoms with van der Waals surface area (Å²) in [6.07, 6.45) is 2.02. The second-order valence-electron chi connectivity index (χ2n) is 4.86. The van der Waals surface area contributed by atoms with Crippen LogP contribution < -0.4 is 4.74 Å². The Morgan fingerprint density at radius 3 is 3.00 bits per heavy atom. The summed E-state index contributed by atoms with van der Waals surface area (Å²) in [6.45, 7) is 1.61. The molecule has 0 bridgehead atoms. The lowest BCUT2D eigenvalue weighted by molar-refractivity contribution is -0.389. The first kappa shape index (κ1) is 13.6. The fourth-order valence-electron chi connectivity index (χ4n) is 2.22. The minimum atomic E-state index is -0.518. The summed E-state index contributed by atoms with van der Waals surface area (Å²) < 4.78 is 12.9. The van der Waals surface area contributed by atoms with Crippen molar-refractivity contribution in [3.8, 4) is 6.01 Å². The van der Waals surface area contributed by atoms with Crippen molar-refractivity contribution in [1.29, 1.82) is 0 Å². The zero-order valence-corrected chi connectivity index (χ0v) is 11.3. The third kappa shape index (κ3) is 3.19. The van der Waals surface area contributed by atoms with Crippen molar-refractivity contribution in [2.45, 2.75) is 25.7 Å². The predicted octanol–water partition coefficient (Wildman–Crippen LogP) is 2.16. The molecule has 1 aromatic heterocycles. The largest absolute Gasteiger partial charge is 0.440 e. The number of aromatic nitrogens is 2. The molecule has 21 heavy (non-hydrogen) atoms. The maximum atomic E-state index is 10.7. The van der Waals surface area contributed by atoms with E-state index in [-0.39, 0.29) is 11.9 Å². The van der Waals surface area contributed by atoms with Gasteiger partial charge in [-0.15, -0.1) is 0 Å². The van der Waals surface area contributed by atoms with Crippen molar-refractivity contribution in [3.05, 3.63) is 52.2 Å². The summed E-state index contributed by atoms with van der Waals surface area (Å²) >= 11 is 0. The summed E-state index contributed by atoms with van der Waals surface area (Å²) in [7, 11) is 0. The summed E-state index contributed by atoms with van der Waals surface area (Å²) in [5, 5.41) is 10.7. The van der Waals surface area contributed by atoms with Gasteiger partial charge in [0.2, 0.25) is 0 Å². The van der Waals surface area contributed by atoms with Gasteiger partial charge in [-0.3, -0.25) is 4.57 Å². The summed E-state index contributed by atoms with van der Waals surface area (Å²) in [5.41, 5.74) is 1.10. The lowest BCUT2D eigenvalue weighted by Crippen LogP contribution is -2.30. The molecule has 2 heterocycles. The Labute approximate surface area is 121 Å². The van der Waals surface area contributed by atoms with E-state index in [0.29, 0.717) is 25.8 Å². The van der Waals surface area contributed by atoms with E-state index >= 15 is 0 Å². The molecule has 0 radical (unpaired) electrons. The molecule has 0 saturated carbocycles. The molecule has 3 rings (SSSR count). The lowest BCUT2D eigenvalue weighted by Gasteiger charge is -2.21. The van der Waals surface area contributed by atoms with Crippen molar-refractivity contribution < 1.29 is 14.4 Å². The number of aryl methyl sites for hydroxylation is 1. The molecule has 0 N–H and O–H groups in total. The Kier molecular flexibility index (Phi) is 3.83.